The Bertz CT molecular complexity index is 1010. The quantitative estimate of drug-likeness (QED) is 0.311. The fraction of sp³-hybridized carbons (Fsp3) is 0.118. The number of nitro benzene ring substituents is 1. The minimum atomic E-state index is -0.450. The van der Waals surface area contributed by atoms with Crippen LogP contribution in [0.25, 0.3) is 0 Å². The van der Waals surface area contributed by atoms with Gasteiger partial charge in [0.05, 0.1) is 23.8 Å². The summed E-state index contributed by atoms with van der Waals surface area (Å²) in [6, 6.07) is 13.9. The Balaban J connectivity index is 1.88. The zero-order chi connectivity index (χ0) is 18.5. The Morgan fingerprint density at radius 3 is 2.73 bits per heavy atom. The van der Waals surface area contributed by atoms with Gasteiger partial charge in [-0.1, -0.05) is 24.3 Å². The van der Waals surface area contributed by atoms with Crippen molar-refractivity contribution in [1.29, 1.82) is 0 Å². The maximum absolute atomic E-state index is 11.1. The molecule has 26 heavy (non-hydrogen) atoms. The first-order valence-corrected chi connectivity index (χ1v) is 8.06. The second-order valence-electron chi connectivity index (χ2n) is 5.34. The highest BCUT2D eigenvalue weighted by atomic mass is 32.1. The number of nitrogens with one attached hydrogen (secondary N) is 1. The van der Waals surface area contributed by atoms with Crippen molar-refractivity contribution in [2.45, 2.75) is 6.42 Å². The summed E-state index contributed by atoms with van der Waals surface area (Å²) in [7, 11) is 1.61. The van der Waals surface area contributed by atoms with E-state index in [0.717, 1.165) is 11.3 Å². The Labute approximate surface area is 153 Å². The third-order valence-electron chi connectivity index (χ3n) is 3.68. The van der Waals surface area contributed by atoms with Crippen molar-refractivity contribution in [2.24, 2.45) is 5.10 Å². The lowest BCUT2D eigenvalue weighted by molar-refractivity contribution is -0.385. The summed E-state index contributed by atoms with van der Waals surface area (Å²) in [5.74, 6) is 1.36. The molecule has 0 atom stereocenters. The molecule has 0 aliphatic carbocycles. The molecule has 1 N–H and O–H groups in total. The van der Waals surface area contributed by atoms with Crippen LogP contribution in [-0.2, 0) is 6.42 Å². The Hall–Kier alpha value is -3.33. The van der Waals surface area contributed by atoms with Crippen LogP contribution in [0.2, 0.25) is 0 Å². The minimum absolute atomic E-state index is 0.0250. The van der Waals surface area contributed by atoms with Gasteiger partial charge in [0.1, 0.15) is 5.75 Å². The van der Waals surface area contributed by atoms with Crippen LogP contribution >= 0.6 is 12.2 Å². The highest BCUT2D eigenvalue weighted by Gasteiger charge is 2.11. The van der Waals surface area contributed by atoms with Crippen LogP contribution in [0.1, 0.15) is 17.0 Å². The van der Waals surface area contributed by atoms with Crippen LogP contribution < -0.4 is 4.74 Å². The van der Waals surface area contributed by atoms with Crippen LogP contribution in [-0.4, -0.2) is 33.1 Å². The molecule has 0 spiro atoms. The fourth-order valence-electron chi connectivity index (χ4n) is 2.37. The first-order chi connectivity index (χ1) is 12.6. The number of nitrogens with zero attached hydrogens (tertiary/aromatic N) is 4. The number of aromatic amines is 1. The number of nitro groups is 1. The molecule has 3 aromatic rings. The zero-order valence-corrected chi connectivity index (χ0v) is 14.6. The predicted octanol–water partition coefficient (Wildman–Crippen LogP) is 3.33. The van der Waals surface area contributed by atoms with Crippen molar-refractivity contribution < 1.29 is 9.66 Å². The Morgan fingerprint density at radius 2 is 2.04 bits per heavy atom. The van der Waals surface area contributed by atoms with Crippen LogP contribution in [0, 0.1) is 14.9 Å². The van der Waals surface area contributed by atoms with E-state index in [4.69, 9.17) is 17.0 Å². The number of hydrogen-bond donors (Lipinski definition) is 1. The van der Waals surface area contributed by atoms with E-state index in [2.05, 4.69) is 15.3 Å². The number of ether oxygens (including phenoxy) is 1. The van der Waals surface area contributed by atoms with Gasteiger partial charge in [-0.05, 0) is 36.0 Å². The first-order valence-electron chi connectivity index (χ1n) is 7.65. The van der Waals surface area contributed by atoms with Gasteiger partial charge in [0, 0.05) is 12.5 Å². The predicted molar refractivity (Wildman–Crippen MR) is 99.3 cm³/mol. The molecule has 0 amide bonds. The number of benzene rings is 2. The Kier molecular flexibility index (Phi) is 5.18. The monoisotopic (exact) mass is 369 g/mol. The van der Waals surface area contributed by atoms with Gasteiger partial charge in [0.2, 0.25) is 4.77 Å². The topological polar surface area (TPSA) is 98.3 Å². The van der Waals surface area contributed by atoms with Gasteiger partial charge in [-0.3, -0.25) is 15.2 Å². The molecule has 0 unspecified atom stereocenters. The third-order valence-corrected chi connectivity index (χ3v) is 3.95. The van der Waals surface area contributed by atoms with E-state index in [1.165, 1.54) is 17.0 Å². The number of rotatable bonds is 6. The molecule has 1 aromatic heterocycles. The van der Waals surface area contributed by atoms with E-state index in [-0.39, 0.29) is 5.69 Å². The molecule has 9 heteroatoms. The molecule has 3 rings (SSSR count). The van der Waals surface area contributed by atoms with Crippen LogP contribution in [0.3, 0.4) is 0 Å². The average Bonchev–Trinajstić information content (AvgIpc) is 3.00. The third kappa shape index (κ3) is 3.83. The largest absolute Gasteiger partial charge is 0.497 e. The summed E-state index contributed by atoms with van der Waals surface area (Å²) in [6.45, 7) is 0. The normalized spacial score (nSPS) is 11.0. The average molecular weight is 369 g/mol. The van der Waals surface area contributed by atoms with Crippen molar-refractivity contribution in [3.63, 3.8) is 0 Å². The summed E-state index contributed by atoms with van der Waals surface area (Å²) in [4.78, 5) is 10.6. The van der Waals surface area contributed by atoms with Crippen LogP contribution in [0.4, 0.5) is 5.69 Å². The lowest BCUT2D eigenvalue weighted by Crippen LogP contribution is -2.01. The molecule has 132 valence electrons. The second kappa shape index (κ2) is 7.70. The SMILES string of the molecule is COc1ccc(Cc2n[nH]c(=S)n2/N=C\c2ccccc2[N+](=O)[O-])cc1. The highest BCUT2D eigenvalue weighted by molar-refractivity contribution is 7.71. The second-order valence-corrected chi connectivity index (χ2v) is 5.73. The van der Waals surface area contributed by atoms with E-state index in [9.17, 15) is 10.1 Å². The summed E-state index contributed by atoms with van der Waals surface area (Å²) in [5, 5.41) is 22.3. The van der Waals surface area contributed by atoms with Gasteiger partial charge < -0.3 is 4.74 Å². The van der Waals surface area contributed by atoms with Gasteiger partial charge in [-0.2, -0.15) is 14.9 Å². The van der Waals surface area contributed by atoms with E-state index < -0.39 is 4.92 Å². The van der Waals surface area contributed by atoms with Crippen LogP contribution in [0.5, 0.6) is 5.75 Å². The summed E-state index contributed by atoms with van der Waals surface area (Å²) in [5.41, 5.74) is 1.36. The number of H-pyrrole nitrogens is 1. The molecule has 1 heterocycles. The van der Waals surface area contributed by atoms with E-state index in [0.29, 0.717) is 22.6 Å². The van der Waals surface area contributed by atoms with Crippen molar-refractivity contribution in [1.82, 2.24) is 14.9 Å². The minimum Gasteiger partial charge on any atom is -0.497 e. The Morgan fingerprint density at radius 1 is 1.31 bits per heavy atom. The van der Waals surface area contributed by atoms with E-state index >= 15 is 0 Å². The van der Waals surface area contributed by atoms with E-state index in [1.54, 1.807) is 25.3 Å². The fourth-order valence-corrected chi connectivity index (χ4v) is 2.56. The molecule has 0 fully saturated rings. The molecule has 2 aromatic carbocycles. The maximum atomic E-state index is 11.1. The number of para-hydroxylation sites is 1. The maximum Gasteiger partial charge on any atom is 0.278 e. The number of methoxy groups -OCH3 is 1. The lowest BCUT2D eigenvalue weighted by atomic mass is 10.1. The van der Waals surface area contributed by atoms with Gasteiger partial charge >= 0.3 is 0 Å². The zero-order valence-electron chi connectivity index (χ0n) is 13.8. The van der Waals surface area contributed by atoms with E-state index in [1.807, 2.05) is 24.3 Å². The smallest absolute Gasteiger partial charge is 0.278 e. The standard InChI is InChI=1S/C17H15N5O3S/c1-25-14-8-6-12(7-9-14)10-16-19-20-17(26)21(16)18-11-13-4-2-3-5-15(13)22(23)24/h2-9,11H,10H2,1H3,(H,20,26)/b18-11-. The number of hydrogen-bond acceptors (Lipinski definition) is 6. The van der Waals surface area contributed by atoms with Crippen molar-refractivity contribution in [3.8, 4) is 5.75 Å². The molecule has 0 saturated heterocycles. The van der Waals surface area contributed by atoms with Gasteiger partial charge in [0.15, 0.2) is 5.82 Å². The molecular weight excluding hydrogens is 354 g/mol. The molecule has 0 saturated carbocycles. The molecule has 0 aliphatic rings. The van der Waals surface area contributed by atoms with Crippen molar-refractivity contribution in [2.75, 3.05) is 7.11 Å². The number of aromatic nitrogens is 3. The highest BCUT2D eigenvalue weighted by Crippen LogP contribution is 2.16. The van der Waals surface area contributed by atoms with Gasteiger partial charge in [0.25, 0.3) is 5.69 Å². The molecular formula is C17H15N5O3S. The molecule has 0 aliphatic heterocycles. The summed E-state index contributed by atoms with van der Waals surface area (Å²) >= 11 is 5.21. The lowest BCUT2D eigenvalue weighted by Gasteiger charge is -2.03. The summed E-state index contributed by atoms with van der Waals surface area (Å²) < 4.78 is 6.91. The molecule has 8 nitrogen and oxygen atoms in total. The van der Waals surface area contributed by atoms with Crippen LogP contribution in [0.15, 0.2) is 53.6 Å². The first kappa shape index (κ1) is 17.5. The molecule has 0 radical (unpaired) electrons. The van der Waals surface area contributed by atoms with Crippen molar-refractivity contribution in [3.05, 3.63) is 80.4 Å². The van der Waals surface area contributed by atoms with Gasteiger partial charge in [-0.25, -0.2) is 0 Å². The van der Waals surface area contributed by atoms with Crippen molar-refractivity contribution >= 4 is 24.1 Å². The van der Waals surface area contributed by atoms with Gasteiger partial charge in [-0.15, -0.1) is 0 Å². The summed E-state index contributed by atoms with van der Waals surface area (Å²) in [6.07, 6.45) is 1.90. The molecule has 0 bridgehead atoms.